The Morgan fingerprint density at radius 2 is 1.23 bits per heavy atom. The van der Waals surface area contributed by atoms with Crippen LogP contribution < -0.4 is 0 Å². The molecule has 8 aromatic rings. The van der Waals surface area contributed by atoms with E-state index in [1.54, 1.807) is 6.20 Å². The Kier molecular flexibility index (Phi) is 4.72. The summed E-state index contributed by atoms with van der Waals surface area (Å²) in [6.07, 6.45) is 5.35. The second kappa shape index (κ2) is 8.53. The molecule has 0 fully saturated rings. The lowest BCUT2D eigenvalue weighted by Crippen LogP contribution is -1.94. The molecule has 0 atom stereocenters. The third-order valence-corrected chi connectivity index (χ3v) is 7.05. The van der Waals surface area contributed by atoms with Crippen LogP contribution in [0.2, 0.25) is 0 Å². The van der Waals surface area contributed by atoms with E-state index < -0.39 is 0 Å². The number of rotatable bonds is 3. The van der Waals surface area contributed by atoms with Crippen molar-refractivity contribution in [2.75, 3.05) is 0 Å². The van der Waals surface area contributed by atoms with E-state index in [4.69, 9.17) is 14.4 Å². The molecule has 182 valence electrons. The molecule has 6 nitrogen and oxygen atoms in total. The van der Waals surface area contributed by atoms with Crippen molar-refractivity contribution in [1.82, 2.24) is 24.9 Å². The van der Waals surface area contributed by atoms with E-state index >= 15 is 0 Å². The lowest BCUT2D eigenvalue weighted by Gasteiger charge is -2.11. The number of aromatic nitrogens is 5. The highest BCUT2D eigenvalue weighted by molar-refractivity contribution is 6.10. The SMILES string of the molecule is c1ccc(-c2nc(-c3ccc(-c4cc5cccnc5c5ncccc45)cc3)nc3c2oc2ncccc23)cc1. The fourth-order valence-electron chi connectivity index (χ4n) is 5.21. The molecule has 0 aliphatic heterocycles. The van der Waals surface area contributed by atoms with Gasteiger partial charge in [-0.2, -0.15) is 0 Å². The van der Waals surface area contributed by atoms with Crippen molar-refractivity contribution in [3.63, 3.8) is 0 Å². The Morgan fingerprint density at radius 1 is 0.513 bits per heavy atom. The molecule has 0 aliphatic carbocycles. The highest BCUT2D eigenvalue weighted by Crippen LogP contribution is 2.36. The normalized spacial score (nSPS) is 11.6. The molecule has 0 saturated carbocycles. The number of furan rings is 1. The van der Waals surface area contributed by atoms with Crippen molar-refractivity contribution in [1.29, 1.82) is 0 Å². The molecule has 0 unspecified atom stereocenters. The molecule has 0 radical (unpaired) electrons. The first-order valence-electron chi connectivity index (χ1n) is 12.7. The average Bonchev–Trinajstić information content (AvgIpc) is 3.39. The van der Waals surface area contributed by atoms with E-state index in [1.807, 2.05) is 67.0 Å². The number of fused-ring (bicyclic) bond motifs is 6. The number of hydrogen-bond acceptors (Lipinski definition) is 6. The minimum absolute atomic E-state index is 0.553. The third kappa shape index (κ3) is 3.46. The number of benzene rings is 3. The minimum Gasteiger partial charge on any atom is -0.434 e. The van der Waals surface area contributed by atoms with Crippen LogP contribution in [-0.2, 0) is 0 Å². The van der Waals surface area contributed by atoms with Gasteiger partial charge < -0.3 is 4.42 Å². The van der Waals surface area contributed by atoms with Gasteiger partial charge in [0.1, 0.15) is 11.2 Å². The quantitative estimate of drug-likeness (QED) is 0.229. The first-order chi connectivity index (χ1) is 19.3. The summed E-state index contributed by atoms with van der Waals surface area (Å²) in [5.41, 5.74) is 8.58. The van der Waals surface area contributed by atoms with Crippen LogP contribution in [0.3, 0.4) is 0 Å². The zero-order valence-electron chi connectivity index (χ0n) is 20.6. The molecular formula is C33H19N5O. The van der Waals surface area contributed by atoms with Crippen molar-refractivity contribution < 1.29 is 4.42 Å². The predicted molar refractivity (Wildman–Crippen MR) is 154 cm³/mol. The molecule has 0 bridgehead atoms. The van der Waals surface area contributed by atoms with Crippen LogP contribution in [0.5, 0.6) is 0 Å². The monoisotopic (exact) mass is 501 g/mol. The fraction of sp³-hybridized carbons (Fsp3) is 0. The Labute approximate surface area is 222 Å². The Hall–Kier alpha value is -5.49. The molecular weight excluding hydrogens is 482 g/mol. The standard InChI is InChI=1S/C33H19N5O/c1-2-7-21(8-3-1)28-31-30(25-11-6-18-36-33(25)39-31)38-32(37-28)22-14-12-20(13-15-22)26-19-23-9-4-16-34-27(23)29-24(26)10-5-17-35-29/h1-19H. The van der Waals surface area contributed by atoms with Crippen molar-refractivity contribution in [2.24, 2.45) is 0 Å². The van der Waals surface area contributed by atoms with E-state index in [2.05, 4.69) is 57.4 Å². The van der Waals surface area contributed by atoms with Gasteiger partial charge in [-0.3, -0.25) is 9.97 Å². The Morgan fingerprint density at radius 3 is 2.08 bits per heavy atom. The summed E-state index contributed by atoms with van der Waals surface area (Å²) in [7, 11) is 0. The molecule has 0 saturated heterocycles. The van der Waals surface area contributed by atoms with Gasteiger partial charge in [0.2, 0.25) is 5.71 Å². The van der Waals surface area contributed by atoms with E-state index in [1.165, 1.54) is 0 Å². The maximum Gasteiger partial charge on any atom is 0.229 e. The van der Waals surface area contributed by atoms with Crippen molar-refractivity contribution in [3.8, 4) is 33.8 Å². The van der Waals surface area contributed by atoms with E-state index in [0.717, 1.165) is 60.7 Å². The molecule has 0 N–H and O–H groups in total. The lowest BCUT2D eigenvalue weighted by atomic mass is 9.97. The maximum atomic E-state index is 6.13. The van der Waals surface area contributed by atoms with E-state index in [9.17, 15) is 0 Å². The molecule has 6 heteroatoms. The van der Waals surface area contributed by atoms with Crippen LogP contribution in [0, 0.1) is 0 Å². The third-order valence-electron chi connectivity index (χ3n) is 7.05. The zero-order chi connectivity index (χ0) is 25.8. The van der Waals surface area contributed by atoms with Crippen molar-refractivity contribution in [3.05, 3.63) is 116 Å². The highest BCUT2D eigenvalue weighted by atomic mass is 16.3. The summed E-state index contributed by atoms with van der Waals surface area (Å²) in [4.78, 5) is 23.6. The topological polar surface area (TPSA) is 77.6 Å². The molecule has 0 spiro atoms. The Bertz CT molecular complexity index is 2170. The zero-order valence-corrected chi connectivity index (χ0v) is 20.6. The van der Waals surface area contributed by atoms with Crippen molar-refractivity contribution in [2.45, 2.75) is 0 Å². The maximum absolute atomic E-state index is 6.13. The van der Waals surface area contributed by atoms with Gasteiger partial charge in [0.25, 0.3) is 0 Å². The molecule has 8 rings (SSSR count). The minimum atomic E-state index is 0.553. The molecule has 5 aromatic heterocycles. The Balaban J connectivity index is 1.31. The summed E-state index contributed by atoms with van der Waals surface area (Å²) in [5.74, 6) is 0.633. The summed E-state index contributed by atoms with van der Waals surface area (Å²) in [5, 5.41) is 3.00. The lowest BCUT2D eigenvalue weighted by molar-refractivity contribution is 0.652. The highest BCUT2D eigenvalue weighted by Gasteiger charge is 2.18. The molecule has 0 amide bonds. The number of hydrogen-bond donors (Lipinski definition) is 0. The van der Waals surface area contributed by atoms with Gasteiger partial charge >= 0.3 is 0 Å². The first-order valence-corrected chi connectivity index (χ1v) is 12.7. The second-order valence-electron chi connectivity index (χ2n) is 9.37. The van der Waals surface area contributed by atoms with Crippen LogP contribution in [0.25, 0.3) is 77.8 Å². The van der Waals surface area contributed by atoms with Crippen LogP contribution in [-0.4, -0.2) is 24.9 Å². The smallest absolute Gasteiger partial charge is 0.229 e. The molecule has 5 heterocycles. The summed E-state index contributed by atoms with van der Waals surface area (Å²) in [6, 6.07) is 32.6. The van der Waals surface area contributed by atoms with Crippen molar-refractivity contribution >= 4 is 44.0 Å². The van der Waals surface area contributed by atoms with Crippen LogP contribution >= 0.6 is 0 Å². The summed E-state index contributed by atoms with van der Waals surface area (Å²) in [6.45, 7) is 0. The van der Waals surface area contributed by atoms with Gasteiger partial charge in [-0.05, 0) is 41.5 Å². The van der Waals surface area contributed by atoms with Gasteiger partial charge in [0.15, 0.2) is 11.4 Å². The van der Waals surface area contributed by atoms with Crippen LogP contribution in [0.15, 0.2) is 120 Å². The molecule has 0 aliphatic rings. The molecule has 3 aromatic carbocycles. The number of pyridine rings is 3. The van der Waals surface area contributed by atoms with E-state index in [0.29, 0.717) is 17.1 Å². The van der Waals surface area contributed by atoms with Gasteiger partial charge in [-0.15, -0.1) is 0 Å². The van der Waals surface area contributed by atoms with Crippen LogP contribution in [0.4, 0.5) is 0 Å². The average molecular weight is 502 g/mol. The van der Waals surface area contributed by atoms with E-state index in [-0.39, 0.29) is 0 Å². The largest absolute Gasteiger partial charge is 0.434 e. The fourth-order valence-corrected chi connectivity index (χ4v) is 5.21. The predicted octanol–water partition coefficient (Wildman–Crippen LogP) is 7.87. The van der Waals surface area contributed by atoms with Gasteiger partial charge in [-0.25, -0.2) is 15.0 Å². The second-order valence-corrected chi connectivity index (χ2v) is 9.37. The van der Waals surface area contributed by atoms with Gasteiger partial charge in [0.05, 0.1) is 16.4 Å². The molecule has 39 heavy (non-hydrogen) atoms. The summed E-state index contributed by atoms with van der Waals surface area (Å²) >= 11 is 0. The first kappa shape index (κ1) is 21.6. The van der Waals surface area contributed by atoms with Crippen LogP contribution in [0.1, 0.15) is 0 Å². The van der Waals surface area contributed by atoms with Gasteiger partial charge in [-0.1, -0.05) is 66.7 Å². The van der Waals surface area contributed by atoms with Gasteiger partial charge in [0, 0.05) is 40.5 Å². The number of nitrogens with zero attached hydrogens (tertiary/aromatic N) is 5. The summed E-state index contributed by atoms with van der Waals surface area (Å²) < 4.78 is 6.13.